The van der Waals surface area contributed by atoms with E-state index in [-0.39, 0.29) is 29.9 Å². The Labute approximate surface area is 131 Å². The van der Waals surface area contributed by atoms with E-state index >= 15 is 0 Å². The van der Waals surface area contributed by atoms with Crippen LogP contribution in [0.1, 0.15) is 43.7 Å². The maximum Gasteiger partial charge on any atom is 0.224 e. The number of carbonyl (C=O) groups excluding carboxylic acids is 1. The maximum atomic E-state index is 13.5. The first-order valence-electron chi connectivity index (χ1n) is 7.59. The molecule has 2 rings (SSSR count). The molecule has 1 aromatic rings. The molecule has 0 spiro atoms. The molecule has 1 aliphatic rings. The third-order valence-corrected chi connectivity index (χ3v) is 4.94. The van der Waals surface area contributed by atoms with E-state index < -0.39 is 9.84 Å². The first-order chi connectivity index (χ1) is 10.4. The summed E-state index contributed by atoms with van der Waals surface area (Å²) in [6, 6.07) is 6.17. The molecule has 4 nitrogen and oxygen atoms in total. The third-order valence-electron chi connectivity index (χ3n) is 3.99. The molecule has 1 aromatic carbocycles. The second kappa shape index (κ2) is 7.22. The molecule has 0 N–H and O–H groups in total. The van der Waals surface area contributed by atoms with E-state index in [2.05, 4.69) is 0 Å². The Hall–Kier alpha value is -1.43. The average Bonchev–Trinajstić information content (AvgIpc) is 2.69. The zero-order valence-electron chi connectivity index (χ0n) is 12.8. The summed E-state index contributed by atoms with van der Waals surface area (Å²) in [5, 5.41) is 0. The molecule has 0 aliphatic carbocycles. The van der Waals surface area contributed by atoms with Crippen molar-refractivity contribution in [2.75, 3.05) is 18.6 Å². The molecule has 1 heterocycles. The standard InChI is InChI=1S/C16H22FNO3S/c1-22(20,21)11-9-16(19)18-10-4-2-3-8-15(18)13-6-5-7-14(17)12-13/h5-7,12,15H,2-4,8-11H2,1H3. The van der Waals surface area contributed by atoms with Crippen LogP contribution in [0.5, 0.6) is 0 Å². The normalized spacial score (nSPS) is 19.7. The number of halogens is 1. The van der Waals surface area contributed by atoms with Crippen molar-refractivity contribution in [2.24, 2.45) is 0 Å². The number of sulfone groups is 1. The molecular formula is C16H22FNO3S. The van der Waals surface area contributed by atoms with Crippen LogP contribution in [-0.2, 0) is 14.6 Å². The van der Waals surface area contributed by atoms with Crippen molar-refractivity contribution < 1.29 is 17.6 Å². The maximum absolute atomic E-state index is 13.5. The summed E-state index contributed by atoms with van der Waals surface area (Å²) < 4.78 is 36.0. The van der Waals surface area contributed by atoms with Crippen molar-refractivity contribution >= 4 is 15.7 Å². The van der Waals surface area contributed by atoms with Gasteiger partial charge in [-0.25, -0.2) is 12.8 Å². The Bertz CT molecular complexity index is 630. The van der Waals surface area contributed by atoms with Crippen LogP contribution in [-0.4, -0.2) is 37.8 Å². The van der Waals surface area contributed by atoms with Crippen LogP contribution in [0.3, 0.4) is 0 Å². The van der Waals surface area contributed by atoms with Gasteiger partial charge in [-0.1, -0.05) is 25.0 Å². The van der Waals surface area contributed by atoms with E-state index in [0.29, 0.717) is 6.54 Å². The van der Waals surface area contributed by atoms with Crippen molar-refractivity contribution in [1.29, 1.82) is 0 Å². The molecule has 1 atom stereocenters. The van der Waals surface area contributed by atoms with Crippen LogP contribution >= 0.6 is 0 Å². The van der Waals surface area contributed by atoms with Crippen LogP contribution in [0, 0.1) is 5.82 Å². The van der Waals surface area contributed by atoms with E-state index in [1.54, 1.807) is 11.0 Å². The first-order valence-corrected chi connectivity index (χ1v) is 9.65. The molecule has 122 valence electrons. The summed E-state index contributed by atoms with van der Waals surface area (Å²) >= 11 is 0. The van der Waals surface area contributed by atoms with Crippen molar-refractivity contribution in [2.45, 2.75) is 38.1 Å². The highest BCUT2D eigenvalue weighted by Gasteiger charge is 2.27. The van der Waals surface area contributed by atoms with Crippen molar-refractivity contribution in [3.8, 4) is 0 Å². The topological polar surface area (TPSA) is 54.5 Å². The third kappa shape index (κ3) is 4.80. The molecule has 0 aromatic heterocycles. The van der Waals surface area contributed by atoms with Gasteiger partial charge in [0.15, 0.2) is 0 Å². The van der Waals surface area contributed by atoms with Crippen molar-refractivity contribution in [1.82, 2.24) is 4.90 Å². The Morgan fingerprint density at radius 1 is 1.32 bits per heavy atom. The Morgan fingerprint density at radius 3 is 2.77 bits per heavy atom. The summed E-state index contributed by atoms with van der Waals surface area (Å²) in [6.07, 6.45) is 4.82. The van der Waals surface area contributed by atoms with Crippen LogP contribution < -0.4 is 0 Å². The van der Waals surface area contributed by atoms with Crippen LogP contribution in [0.2, 0.25) is 0 Å². The highest BCUT2D eigenvalue weighted by Crippen LogP contribution is 2.31. The summed E-state index contributed by atoms with van der Waals surface area (Å²) in [5.41, 5.74) is 0.787. The largest absolute Gasteiger partial charge is 0.336 e. The number of carbonyl (C=O) groups is 1. The van der Waals surface area contributed by atoms with Crippen LogP contribution in [0.4, 0.5) is 4.39 Å². The molecule has 1 unspecified atom stereocenters. The minimum Gasteiger partial charge on any atom is -0.336 e. The molecule has 0 radical (unpaired) electrons. The van der Waals surface area contributed by atoms with E-state index in [0.717, 1.165) is 37.5 Å². The molecule has 1 saturated heterocycles. The highest BCUT2D eigenvalue weighted by molar-refractivity contribution is 7.90. The number of likely N-dealkylation sites (tertiary alicyclic amines) is 1. The van der Waals surface area contributed by atoms with E-state index in [9.17, 15) is 17.6 Å². The monoisotopic (exact) mass is 327 g/mol. The van der Waals surface area contributed by atoms with Gasteiger partial charge in [0.05, 0.1) is 11.8 Å². The first kappa shape index (κ1) is 16.9. The summed E-state index contributed by atoms with van der Waals surface area (Å²) in [6.45, 7) is 0.601. The molecule has 1 amide bonds. The van der Waals surface area contributed by atoms with E-state index in [1.807, 2.05) is 6.07 Å². The van der Waals surface area contributed by atoms with E-state index in [4.69, 9.17) is 0 Å². The fourth-order valence-electron chi connectivity index (χ4n) is 2.88. The second-order valence-electron chi connectivity index (χ2n) is 5.89. The number of benzene rings is 1. The Kier molecular flexibility index (Phi) is 5.56. The molecule has 0 saturated carbocycles. The Balaban J connectivity index is 2.18. The van der Waals surface area contributed by atoms with Crippen molar-refractivity contribution in [3.63, 3.8) is 0 Å². The summed E-state index contributed by atoms with van der Waals surface area (Å²) in [5.74, 6) is -0.620. The van der Waals surface area contributed by atoms with Gasteiger partial charge in [-0.15, -0.1) is 0 Å². The van der Waals surface area contributed by atoms with Gasteiger partial charge in [0.25, 0.3) is 0 Å². The van der Waals surface area contributed by atoms with Gasteiger partial charge in [0.1, 0.15) is 15.7 Å². The lowest BCUT2D eigenvalue weighted by molar-refractivity contribution is -0.133. The minimum atomic E-state index is -3.16. The van der Waals surface area contributed by atoms with Gasteiger partial charge in [-0.2, -0.15) is 0 Å². The zero-order chi connectivity index (χ0) is 16.2. The van der Waals surface area contributed by atoms with E-state index in [1.165, 1.54) is 12.1 Å². The average molecular weight is 327 g/mol. The van der Waals surface area contributed by atoms with Gasteiger partial charge in [-0.3, -0.25) is 4.79 Å². The second-order valence-corrected chi connectivity index (χ2v) is 8.15. The van der Waals surface area contributed by atoms with Gasteiger partial charge < -0.3 is 4.90 Å². The quantitative estimate of drug-likeness (QED) is 0.854. The van der Waals surface area contributed by atoms with Gasteiger partial charge >= 0.3 is 0 Å². The molecular weight excluding hydrogens is 305 g/mol. The lowest BCUT2D eigenvalue weighted by atomic mass is 10.0. The summed E-state index contributed by atoms with van der Waals surface area (Å²) in [4.78, 5) is 14.2. The fourth-order valence-corrected chi connectivity index (χ4v) is 3.43. The fraction of sp³-hybridized carbons (Fsp3) is 0.562. The van der Waals surface area contributed by atoms with Gasteiger partial charge in [0, 0.05) is 19.2 Å². The molecule has 1 aliphatic heterocycles. The predicted octanol–water partition coefficient (Wildman–Crippen LogP) is 2.70. The molecule has 1 fully saturated rings. The Morgan fingerprint density at radius 2 is 2.09 bits per heavy atom. The smallest absolute Gasteiger partial charge is 0.224 e. The summed E-state index contributed by atoms with van der Waals surface area (Å²) in [7, 11) is -3.16. The SMILES string of the molecule is CS(=O)(=O)CCC(=O)N1CCCCCC1c1cccc(F)c1. The van der Waals surface area contributed by atoms with Crippen LogP contribution in [0.15, 0.2) is 24.3 Å². The number of hydrogen-bond acceptors (Lipinski definition) is 3. The molecule has 6 heteroatoms. The molecule has 22 heavy (non-hydrogen) atoms. The number of nitrogens with zero attached hydrogens (tertiary/aromatic N) is 1. The lowest BCUT2D eigenvalue weighted by Gasteiger charge is -2.30. The lowest BCUT2D eigenvalue weighted by Crippen LogP contribution is -2.35. The number of rotatable bonds is 4. The highest BCUT2D eigenvalue weighted by atomic mass is 32.2. The zero-order valence-corrected chi connectivity index (χ0v) is 13.6. The molecule has 0 bridgehead atoms. The van der Waals surface area contributed by atoms with Gasteiger partial charge in [0.2, 0.25) is 5.91 Å². The number of amides is 1. The van der Waals surface area contributed by atoms with Crippen molar-refractivity contribution in [3.05, 3.63) is 35.6 Å². The van der Waals surface area contributed by atoms with Crippen LogP contribution in [0.25, 0.3) is 0 Å². The minimum absolute atomic E-state index is 0.00928. The predicted molar refractivity (Wildman–Crippen MR) is 83.6 cm³/mol. The van der Waals surface area contributed by atoms with Gasteiger partial charge in [-0.05, 0) is 30.5 Å². The number of hydrogen-bond donors (Lipinski definition) is 0.